The van der Waals surface area contributed by atoms with Gasteiger partial charge in [0.15, 0.2) is 5.69 Å². The highest BCUT2D eigenvalue weighted by atomic mass is 15.1. The third-order valence-electron chi connectivity index (χ3n) is 7.12. The lowest BCUT2D eigenvalue weighted by Gasteiger charge is -2.26. The van der Waals surface area contributed by atoms with E-state index in [4.69, 9.17) is 6.57 Å². The molecule has 0 aliphatic carbocycles. The molecule has 0 saturated heterocycles. The summed E-state index contributed by atoms with van der Waals surface area (Å²) in [6.45, 7) is 7.35. The Labute approximate surface area is 240 Å². The minimum absolute atomic E-state index is 0.632. The van der Waals surface area contributed by atoms with E-state index in [0.29, 0.717) is 11.3 Å². The molecule has 192 valence electrons. The molecule has 0 saturated carbocycles. The Kier molecular flexibility index (Phi) is 7.09. The molecule has 0 amide bonds. The first-order valence-electron chi connectivity index (χ1n) is 13.4. The molecule has 0 aliphatic rings. The van der Waals surface area contributed by atoms with Crippen LogP contribution in [0.4, 0.5) is 22.7 Å². The van der Waals surface area contributed by atoms with Crippen LogP contribution in [0.15, 0.2) is 152 Å². The van der Waals surface area contributed by atoms with Gasteiger partial charge in [-0.25, -0.2) is 4.85 Å². The molecule has 0 fully saturated rings. The van der Waals surface area contributed by atoms with Gasteiger partial charge in [-0.05, 0) is 88.0 Å². The Balaban J connectivity index is 1.38. The zero-order valence-corrected chi connectivity index (χ0v) is 22.3. The second kappa shape index (κ2) is 11.5. The first kappa shape index (κ1) is 25.4. The van der Waals surface area contributed by atoms with Crippen LogP contribution in [0.1, 0.15) is 5.56 Å². The van der Waals surface area contributed by atoms with Gasteiger partial charge in [-0.3, -0.25) is 0 Å². The van der Waals surface area contributed by atoms with E-state index in [9.17, 15) is 5.26 Å². The predicted octanol–water partition coefficient (Wildman–Crippen LogP) is 10.6. The maximum absolute atomic E-state index is 9.32. The number of rotatable bonds is 6. The Morgan fingerprint density at radius 2 is 0.902 bits per heavy atom. The largest absolute Gasteiger partial charge is 0.311 e. The first-order chi connectivity index (χ1) is 20.2. The van der Waals surface area contributed by atoms with Gasteiger partial charge in [-0.15, -0.1) is 0 Å². The van der Waals surface area contributed by atoms with E-state index in [2.05, 4.69) is 113 Å². The number of hydrogen-bond acceptors (Lipinski definition) is 2. The van der Waals surface area contributed by atoms with E-state index in [1.54, 1.807) is 0 Å². The third kappa shape index (κ3) is 5.48. The molecular weight excluding hydrogens is 498 g/mol. The van der Waals surface area contributed by atoms with E-state index in [1.165, 1.54) is 5.56 Å². The van der Waals surface area contributed by atoms with Crippen LogP contribution in [0.5, 0.6) is 0 Å². The van der Waals surface area contributed by atoms with Gasteiger partial charge in [-0.1, -0.05) is 97.1 Å². The molecule has 0 bridgehead atoms. The van der Waals surface area contributed by atoms with Crippen molar-refractivity contribution >= 4 is 22.7 Å². The molecule has 41 heavy (non-hydrogen) atoms. The number of hydrogen-bond donors (Lipinski definition) is 0. The summed E-state index contributed by atoms with van der Waals surface area (Å²) in [5.41, 5.74) is 10.9. The molecule has 6 aromatic rings. The Morgan fingerprint density at radius 3 is 1.41 bits per heavy atom. The first-order valence-corrected chi connectivity index (χ1v) is 13.4. The average Bonchev–Trinajstić information content (AvgIpc) is 3.06. The van der Waals surface area contributed by atoms with Gasteiger partial charge < -0.3 is 4.90 Å². The van der Waals surface area contributed by atoms with Gasteiger partial charge in [0.1, 0.15) is 0 Å². The monoisotopic (exact) mass is 523 g/mol. The van der Waals surface area contributed by atoms with Gasteiger partial charge in [0, 0.05) is 17.1 Å². The molecule has 0 atom stereocenters. The molecule has 3 nitrogen and oxygen atoms in total. The zero-order chi connectivity index (χ0) is 28.0. The molecule has 0 radical (unpaired) electrons. The highest BCUT2D eigenvalue weighted by Gasteiger charge is 2.14. The normalized spacial score (nSPS) is 10.4. The van der Waals surface area contributed by atoms with Crippen LogP contribution in [0.3, 0.4) is 0 Å². The number of anilines is 3. The van der Waals surface area contributed by atoms with Gasteiger partial charge in [0.2, 0.25) is 0 Å². The fraction of sp³-hybridized carbons (Fsp3) is 0. The minimum Gasteiger partial charge on any atom is -0.311 e. The lowest BCUT2D eigenvalue weighted by Crippen LogP contribution is -2.09. The van der Waals surface area contributed by atoms with Gasteiger partial charge in [0.25, 0.3) is 0 Å². The highest BCUT2D eigenvalue weighted by molar-refractivity contribution is 5.81. The summed E-state index contributed by atoms with van der Waals surface area (Å²) in [6, 6.07) is 53.5. The zero-order valence-electron chi connectivity index (χ0n) is 22.3. The molecule has 3 heteroatoms. The van der Waals surface area contributed by atoms with Crippen molar-refractivity contribution in [3.8, 4) is 39.4 Å². The van der Waals surface area contributed by atoms with Crippen molar-refractivity contribution in [1.29, 1.82) is 5.26 Å². The summed E-state index contributed by atoms with van der Waals surface area (Å²) < 4.78 is 0. The molecule has 0 unspecified atom stereocenters. The summed E-state index contributed by atoms with van der Waals surface area (Å²) >= 11 is 0. The quantitative estimate of drug-likeness (QED) is 0.203. The summed E-state index contributed by atoms with van der Waals surface area (Å²) in [4.78, 5) is 5.81. The van der Waals surface area contributed by atoms with Crippen LogP contribution in [0.25, 0.3) is 38.2 Å². The van der Waals surface area contributed by atoms with Crippen molar-refractivity contribution in [2.75, 3.05) is 4.90 Å². The van der Waals surface area contributed by atoms with E-state index in [0.717, 1.165) is 44.9 Å². The molecule has 0 N–H and O–H groups in total. The van der Waals surface area contributed by atoms with Crippen molar-refractivity contribution in [3.05, 3.63) is 169 Å². The van der Waals surface area contributed by atoms with Crippen molar-refractivity contribution in [1.82, 2.24) is 0 Å². The highest BCUT2D eigenvalue weighted by Crippen LogP contribution is 2.38. The number of nitrogens with zero attached hydrogens (tertiary/aromatic N) is 3. The molecule has 0 heterocycles. The Hall–Kier alpha value is -5.90. The Bertz CT molecular complexity index is 1770. The summed E-state index contributed by atoms with van der Waals surface area (Å²) in [7, 11) is 0. The van der Waals surface area contributed by atoms with Crippen LogP contribution >= 0.6 is 0 Å². The predicted molar refractivity (Wildman–Crippen MR) is 168 cm³/mol. The summed E-state index contributed by atoms with van der Waals surface area (Å²) in [5, 5.41) is 9.32. The van der Waals surface area contributed by atoms with Crippen LogP contribution in [0.2, 0.25) is 0 Å². The van der Waals surface area contributed by atoms with E-state index in [-0.39, 0.29) is 0 Å². The van der Waals surface area contributed by atoms with Crippen LogP contribution in [-0.4, -0.2) is 0 Å². The second-order valence-electron chi connectivity index (χ2n) is 9.70. The van der Waals surface area contributed by atoms with Gasteiger partial charge in [0.05, 0.1) is 18.2 Å². The van der Waals surface area contributed by atoms with Gasteiger partial charge in [-0.2, -0.15) is 5.26 Å². The van der Waals surface area contributed by atoms with Crippen molar-refractivity contribution in [3.63, 3.8) is 0 Å². The van der Waals surface area contributed by atoms with Gasteiger partial charge >= 0.3 is 0 Å². The van der Waals surface area contributed by atoms with E-state index >= 15 is 0 Å². The summed E-state index contributed by atoms with van der Waals surface area (Å²) in [5.74, 6) is 0. The second-order valence-corrected chi connectivity index (χ2v) is 9.70. The number of nitriles is 1. The lowest BCUT2D eigenvalue weighted by molar-refractivity contribution is 1.28. The topological polar surface area (TPSA) is 31.4 Å². The molecule has 6 rings (SSSR count). The lowest BCUT2D eigenvalue weighted by atomic mass is 10.0. The van der Waals surface area contributed by atoms with Crippen LogP contribution < -0.4 is 4.90 Å². The SMILES string of the molecule is [C-]#[N+]c1cccc(-c2ccc(N(c3ccc(-c4ccccc4)cc3)c3ccc(-c4cccc(C#N)c4)cc3)cc2)c1. The maximum atomic E-state index is 9.32. The summed E-state index contributed by atoms with van der Waals surface area (Å²) in [6.07, 6.45) is 0. The van der Waals surface area contributed by atoms with Crippen molar-refractivity contribution < 1.29 is 0 Å². The minimum atomic E-state index is 0.632. The van der Waals surface area contributed by atoms with Crippen LogP contribution in [-0.2, 0) is 0 Å². The number of benzene rings is 6. The fourth-order valence-electron chi connectivity index (χ4n) is 5.01. The standard InChI is InChI=1S/C38H25N3/c1-40-35-12-6-11-34(26-35)32-17-23-38(24-18-32)41(36-19-13-30(14-20-36)29-8-3-2-4-9-29)37-21-15-31(16-22-37)33-10-5-7-28(25-33)27-39/h2-26H. The Morgan fingerprint density at radius 1 is 0.463 bits per heavy atom. The molecule has 0 spiro atoms. The molecular formula is C38H25N3. The van der Waals surface area contributed by atoms with Crippen LogP contribution in [0, 0.1) is 17.9 Å². The van der Waals surface area contributed by atoms with Crippen molar-refractivity contribution in [2.45, 2.75) is 0 Å². The molecule has 0 aliphatic heterocycles. The van der Waals surface area contributed by atoms with E-state index < -0.39 is 0 Å². The smallest absolute Gasteiger partial charge is 0.187 e. The van der Waals surface area contributed by atoms with Crippen molar-refractivity contribution in [2.24, 2.45) is 0 Å². The average molecular weight is 524 g/mol. The molecule has 6 aromatic carbocycles. The maximum Gasteiger partial charge on any atom is 0.187 e. The molecule has 0 aromatic heterocycles. The third-order valence-corrected chi connectivity index (χ3v) is 7.12. The fourth-order valence-corrected chi connectivity index (χ4v) is 5.01. The van der Waals surface area contributed by atoms with E-state index in [1.807, 2.05) is 54.6 Å².